The van der Waals surface area contributed by atoms with E-state index in [4.69, 9.17) is 0 Å². The minimum atomic E-state index is -0.626. The van der Waals surface area contributed by atoms with Gasteiger partial charge in [0.05, 0.1) is 5.60 Å². The van der Waals surface area contributed by atoms with Crippen molar-refractivity contribution in [2.45, 2.75) is 45.1 Å². The van der Waals surface area contributed by atoms with Crippen molar-refractivity contribution in [3.63, 3.8) is 0 Å². The highest BCUT2D eigenvalue weighted by molar-refractivity contribution is 5.28. The summed E-state index contributed by atoms with van der Waals surface area (Å²) in [5.74, 6) is 0.102. The van der Waals surface area contributed by atoms with Crippen LogP contribution in [0.15, 0.2) is 18.2 Å². The lowest BCUT2D eigenvalue weighted by atomic mass is 9.85. The summed E-state index contributed by atoms with van der Waals surface area (Å²) in [5, 5.41) is 10.5. The zero-order chi connectivity index (χ0) is 11.8. The third-order valence-electron chi connectivity index (χ3n) is 3.97. The maximum absolute atomic E-state index is 13.2. The van der Waals surface area contributed by atoms with E-state index in [0.717, 1.165) is 30.4 Å². The van der Waals surface area contributed by atoms with E-state index in [1.807, 2.05) is 6.92 Å². The van der Waals surface area contributed by atoms with E-state index in [0.29, 0.717) is 12.3 Å². The van der Waals surface area contributed by atoms with Gasteiger partial charge in [-0.05, 0) is 48.9 Å². The van der Waals surface area contributed by atoms with Crippen molar-refractivity contribution in [3.8, 4) is 0 Å². The highest BCUT2D eigenvalue weighted by Crippen LogP contribution is 2.38. The van der Waals surface area contributed by atoms with E-state index in [2.05, 4.69) is 6.92 Å². The van der Waals surface area contributed by atoms with Crippen LogP contribution in [0.2, 0.25) is 0 Å². The number of benzene rings is 1. The molecule has 88 valence electrons. The van der Waals surface area contributed by atoms with E-state index >= 15 is 0 Å². The Kier molecular flexibility index (Phi) is 3.02. The zero-order valence-electron chi connectivity index (χ0n) is 9.96. The Morgan fingerprint density at radius 2 is 2.25 bits per heavy atom. The first-order valence-corrected chi connectivity index (χ1v) is 5.99. The summed E-state index contributed by atoms with van der Waals surface area (Å²) in [7, 11) is 0. The first kappa shape index (κ1) is 11.6. The van der Waals surface area contributed by atoms with Crippen LogP contribution in [0.25, 0.3) is 0 Å². The fraction of sp³-hybridized carbons (Fsp3) is 0.571. The van der Waals surface area contributed by atoms with Gasteiger partial charge in [0.15, 0.2) is 0 Å². The standard InChI is InChI=1S/C14H19FO/c1-10-5-6-13(15)8-12(10)9-14(16)7-3-4-11(14)2/h5-6,8,11,16H,3-4,7,9H2,1-2H3. The maximum atomic E-state index is 13.2. The Labute approximate surface area is 96.3 Å². The minimum absolute atomic E-state index is 0.213. The van der Waals surface area contributed by atoms with E-state index in [1.165, 1.54) is 6.07 Å². The second-order valence-electron chi connectivity index (χ2n) is 5.14. The second kappa shape index (κ2) is 4.17. The average molecular weight is 222 g/mol. The van der Waals surface area contributed by atoms with Crippen molar-refractivity contribution < 1.29 is 9.50 Å². The van der Waals surface area contributed by atoms with Crippen LogP contribution in [0, 0.1) is 18.7 Å². The fourth-order valence-corrected chi connectivity index (χ4v) is 2.65. The van der Waals surface area contributed by atoms with Crippen LogP contribution in [0.3, 0.4) is 0 Å². The molecule has 0 aromatic heterocycles. The topological polar surface area (TPSA) is 20.2 Å². The first-order valence-electron chi connectivity index (χ1n) is 5.99. The molecule has 1 aliphatic carbocycles. The third kappa shape index (κ3) is 2.12. The number of aliphatic hydroxyl groups is 1. The van der Waals surface area contributed by atoms with Gasteiger partial charge in [-0.15, -0.1) is 0 Å². The molecule has 0 saturated heterocycles. The quantitative estimate of drug-likeness (QED) is 0.814. The lowest BCUT2D eigenvalue weighted by Crippen LogP contribution is -2.34. The van der Waals surface area contributed by atoms with Gasteiger partial charge in [-0.3, -0.25) is 0 Å². The molecule has 2 rings (SSSR count). The number of halogens is 1. The predicted octanol–water partition coefficient (Wildman–Crippen LogP) is 3.23. The second-order valence-corrected chi connectivity index (χ2v) is 5.14. The van der Waals surface area contributed by atoms with Crippen molar-refractivity contribution in [2.24, 2.45) is 5.92 Å². The number of aryl methyl sites for hydroxylation is 1. The van der Waals surface area contributed by atoms with E-state index in [-0.39, 0.29) is 5.82 Å². The number of rotatable bonds is 2. The normalized spacial score (nSPS) is 29.6. The van der Waals surface area contributed by atoms with Crippen LogP contribution < -0.4 is 0 Å². The van der Waals surface area contributed by atoms with E-state index in [9.17, 15) is 9.50 Å². The molecule has 0 bridgehead atoms. The van der Waals surface area contributed by atoms with Crippen molar-refractivity contribution in [3.05, 3.63) is 35.1 Å². The summed E-state index contributed by atoms with van der Waals surface area (Å²) in [6, 6.07) is 4.81. The van der Waals surface area contributed by atoms with Crippen LogP contribution in [-0.4, -0.2) is 10.7 Å². The van der Waals surface area contributed by atoms with Crippen molar-refractivity contribution >= 4 is 0 Å². The summed E-state index contributed by atoms with van der Waals surface area (Å²) in [6.45, 7) is 4.05. The number of hydrogen-bond acceptors (Lipinski definition) is 1. The molecule has 2 heteroatoms. The monoisotopic (exact) mass is 222 g/mol. The van der Waals surface area contributed by atoms with E-state index < -0.39 is 5.60 Å². The molecule has 0 heterocycles. The molecule has 1 fully saturated rings. The van der Waals surface area contributed by atoms with E-state index in [1.54, 1.807) is 12.1 Å². The molecule has 16 heavy (non-hydrogen) atoms. The molecule has 1 saturated carbocycles. The Morgan fingerprint density at radius 3 is 2.88 bits per heavy atom. The molecule has 1 nitrogen and oxygen atoms in total. The number of hydrogen-bond donors (Lipinski definition) is 1. The summed E-state index contributed by atoms with van der Waals surface area (Å²) < 4.78 is 13.2. The van der Waals surface area contributed by atoms with Crippen LogP contribution in [0.4, 0.5) is 4.39 Å². The van der Waals surface area contributed by atoms with Crippen molar-refractivity contribution in [1.29, 1.82) is 0 Å². The van der Waals surface area contributed by atoms with Crippen LogP contribution in [-0.2, 0) is 6.42 Å². The molecular weight excluding hydrogens is 203 g/mol. The molecule has 0 spiro atoms. The predicted molar refractivity (Wildman–Crippen MR) is 62.8 cm³/mol. The van der Waals surface area contributed by atoms with Crippen molar-refractivity contribution in [2.75, 3.05) is 0 Å². The largest absolute Gasteiger partial charge is 0.389 e. The Balaban J connectivity index is 2.23. The third-order valence-corrected chi connectivity index (χ3v) is 3.97. The highest BCUT2D eigenvalue weighted by Gasteiger charge is 2.38. The Morgan fingerprint density at radius 1 is 1.50 bits per heavy atom. The fourth-order valence-electron chi connectivity index (χ4n) is 2.65. The molecule has 1 aliphatic rings. The van der Waals surface area contributed by atoms with Gasteiger partial charge in [-0.1, -0.05) is 19.4 Å². The summed E-state index contributed by atoms with van der Waals surface area (Å²) in [6.07, 6.45) is 3.57. The molecule has 1 aromatic carbocycles. The molecule has 1 N–H and O–H groups in total. The molecule has 2 unspecified atom stereocenters. The highest BCUT2D eigenvalue weighted by atomic mass is 19.1. The molecule has 1 aromatic rings. The maximum Gasteiger partial charge on any atom is 0.123 e. The van der Waals surface area contributed by atoms with Gasteiger partial charge < -0.3 is 5.11 Å². The minimum Gasteiger partial charge on any atom is -0.389 e. The Bertz CT molecular complexity index is 388. The van der Waals surface area contributed by atoms with Crippen LogP contribution >= 0.6 is 0 Å². The van der Waals surface area contributed by atoms with Crippen LogP contribution in [0.1, 0.15) is 37.3 Å². The molecule has 2 atom stereocenters. The average Bonchev–Trinajstić information content (AvgIpc) is 2.53. The van der Waals surface area contributed by atoms with Gasteiger partial charge in [0.25, 0.3) is 0 Å². The van der Waals surface area contributed by atoms with Gasteiger partial charge >= 0.3 is 0 Å². The smallest absolute Gasteiger partial charge is 0.123 e. The lowest BCUT2D eigenvalue weighted by molar-refractivity contribution is 0.00941. The Hall–Kier alpha value is -0.890. The van der Waals surface area contributed by atoms with Crippen LogP contribution in [0.5, 0.6) is 0 Å². The molecule has 0 aliphatic heterocycles. The first-order chi connectivity index (χ1) is 7.51. The van der Waals surface area contributed by atoms with Gasteiger partial charge in [0.2, 0.25) is 0 Å². The molecular formula is C14H19FO. The summed E-state index contributed by atoms with van der Waals surface area (Å²) in [4.78, 5) is 0. The zero-order valence-corrected chi connectivity index (χ0v) is 9.96. The van der Waals surface area contributed by atoms with Gasteiger partial charge in [-0.25, -0.2) is 4.39 Å². The van der Waals surface area contributed by atoms with Gasteiger partial charge in [0, 0.05) is 6.42 Å². The van der Waals surface area contributed by atoms with Gasteiger partial charge in [0.1, 0.15) is 5.82 Å². The molecule has 0 radical (unpaired) electrons. The van der Waals surface area contributed by atoms with Gasteiger partial charge in [-0.2, -0.15) is 0 Å². The molecule has 0 amide bonds. The summed E-state index contributed by atoms with van der Waals surface area (Å²) >= 11 is 0. The van der Waals surface area contributed by atoms with Crippen molar-refractivity contribution in [1.82, 2.24) is 0 Å². The lowest BCUT2D eigenvalue weighted by Gasteiger charge is -2.28. The SMILES string of the molecule is Cc1ccc(F)cc1CC1(O)CCCC1C. The summed E-state index contributed by atoms with van der Waals surface area (Å²) in [5.41, 5.74) is 1.38.